The minimum Gasteiger partial charge on any atom is -0.444 e. The highest BCUT2D eigenvalue weighted by Crippen LogP contribution is 2.59. The van der Waals surface area contributed by atoms with E-state index in [9.17, 15) is 9.59 Å². The molecule has 2 heterocycles. The average Bonchev–Trinajstić information content (AvgIpc) is 3.02. The number of anilines is 1. The Morgan fingerprint density at radius 2 is 2.08 bits per heavy atom. The Morgan fingerprint density at radius 3 is 2.72 bits per heavy atom. The summed E-state index contributed by atoms with van der Waals surface area (Å²) in [5.41, 5.74) is -0.630. The number of aromatic nitrogens is 1. The lowest BCUT2D eigenvalue weighted by Gasteiger charge is -2.29. The summed E-state index contributed by atoms with van der Waals surface area (Å²) in [7, 11) is 0. The van der Waals surface area contributed by atoms with Crippen LogP contribution in [0.1, 0.15) is 40.5 Å². The van der Waals surface area contributed by atoms with E-state index in [4.69, 9.17) is 16.3 Å². The quantitative estimate of drug-likeness (QED) is 0.713. The summed E-state index contributed by atoms with van der Waals surface area (Å²) >= 11 is 9.35. The fraction of sp³-hybridized carbons (Fsp3) is 0.588. The van der Waals surface area contributed by atoms with Crippen molar-refractivity contribution in [2.75, 3.05) is 5.32 Å². The number of halogens is 2. The van der Waals surface area contributed by atoms with Gasteiger partial charge in [-0.1, -0.05) is 18.5 Å². The number of rotatable bonds is 2. The number of pyridine rings is 1. The fourth-order valence-electron chi connectivity index (χ4n) is 3.29. The second-order valence-corrected chi connectivity index (χ2v) is 9.15. The standard InChI is InChI=1S/C17H21BrClN3O3/c1-16(2,3)25-15(24)22-10(7-17(4)8-11(17)22)14(23)21-13-9(19)5-6-12(18)20-13/h5-6,10-11H,7-8H2,1-4H3,(H,20,21,23). The minimum absolute atomic E-state index is 0.0204. The Hall–Kier alpha value is -1.34. The van der Waals surface area contributed by atoms with Crippen molar-refractivity contribution in [3.05, 3.63) is 21.8 Å². The molecular formula is C17H21BrClN3O3. The monoisotopic (exact) mass is 429 g/mol. The van der Waals surface area contributed by atoms with Gasteiger partial charge in [0, 0.05) is 6.04 Å². The molecule has 0 spiro atoms. The Bertz CT molecular complexity index is 736. The first-order chi connectivity index (χ1) is 11.5. The lowest BCUT2D eigenvalue weighted by Crippen LogP contribution is -2.47. The molecule has 1 saturated heterocycles. The topological polar surface area (TPSA) is 71.5 Å². The van der Waals surface area contributed by atoms with E-state index < -0.39 is 17.7 Å². The van der Waals surface area contributed by atoms with Crippen molar-refractivity contribution in [2.45, 2.75) is 58.2 Å². The molecule has 8 heteroatoms. The summed E-state index contributed by atoms with van der Waals surface area (Å²) in [6, 6.07) is 2.80. The van der Waals surface area contributed by atoms with Crippen LogP contribution in [0.3, 0.4) is 0 Å². The molecule has 1 aromatic rings. The van der Waals surface area contributed by atoms with E-state index in [2.05, 4.69) is 33.2 Å². The van der Waals surface area contributed by atoms with Gasteiger partial charge in [-0.3, -0.25) is 9.69 Å². The van der Waals surface area contributed by atoms with E-state index in [0.29, 0.717) is 16.0 Å². The zero-order valence-electron chi connectivity index (χ0n) is 14.6. The first-order valence-electron chi connectivity index (χ1n) is 8.14. The van der Waals surface area contributed by atoms with E-state index in [1.165, 1.54) is 0 Å². The van der Waals surface area contributed by atoms with Crippen LogP contribution < -0.4 is 5.32 Å². The van der Waals surface area contributed by atoms with Crippen molar-refractivity contribution in [3.63, 3.8) is 0 Å². The summed E-state index contributed by atoms with van der Waals surface area (Å²) in [4.78, 5) is 31.2. The maximum atomic E-state index is 12.8. The van der Waals surface area contributed by atoms with Gasteiger partial charge in [-0.15, -0.1) is 0 Å². The highest BCUT2D eigenvalue weighted by atomic mass is 79.9. The Kier molecular flexibility index (Phi) is 4.52. The first kappa shape index (κ1) is 18.5. The molecule has 3 unspecified atom stereocenters. The molecule has 1 aliphatic heterocycles. The van der Waals surface area contributed by atoms with Gasteiger partial charge < -0.3 is 10.1 Å². The SMILES string of the molecule is CC(C)(C)OC(=O)N1C(C(=O)Nc2nc(Br)ccc2Cl)CC2(C)CC12. The molecule has 1 N–H and O–H groups in total. The molecule has 0 aromatic carbocycles. The van der Waals surface area contributed by atoms with Crippen LogP contribution in [0.4, 0.5) is 10.6 Å². The Morgan fingerprint density at radius 1 is 1.40 bits per heavy atom. The highest BCUT2D eigenvalue weighted by Gasteiger charge is 2.65. The van der Waals surface area contributed by atoms with Crippen molar-refractivity contribution in [3.8, 4) is 0 Å². The van der Waals surface area contributed by atoms with E-state index in [-0.39, 0.29) is 23.2 Å². The molecule has 0 bridgehead atoms. The van der Waals surface area contributed by atoms with Crippen molar-refractivity contribution >= 4 is 45.3 Å². The van der Waals surface area contributed by atoms with Crippen molar-refractivity contribution < 1.29 is 14.3 Å². The maximum Gasteiger partial charge on any atom is 0.411 e. The number of likely N-dealkylation sites (tertiary alicyclic amines) is 1. The molecule has 1 aromatic heterocycles. The van der Waals surface area contributed by atoms with Crippen LogP contribution in [0, 0.1) is 5.41 Å². The molecule has 25 heavy (non-hydrogen) atoms. The predicted molar refractivity (Wildman–Crippen MR) is 98.6 cm³/mol. The summed E-state index contributed by atoms with van der Waals surface area (Å²) < 4.78 is 6.06. The molecule has 6 nitrogen and oxygen atoms in total. The average molecular weight is 431 g/mol. The molecule has 1 aliphatic carbocycles. The largest absolute Gasteiger partial charge is 0.444 e. The number of nitrogens with one attached hydrogen (secondary N) is 1. The minimum atomic E-state index is -0.610. The molecule has 3 rings (SSSR count). The van der Waals surface area contributed by atoms with Crippen LogP contribution in [0.5, 0.6) is 0 Å². The smallest absolute Gasteiger partial charge is 0.411 e. The number of nitrogens with zero attached hydrogens (tertiary/aromatic N) is 2. The summed E-state index contributed by atoms with van der Waals surface area (Å²) in [5, 5.41) is 3.08. The number of amides is 2. The third-order valence-corrected chi connectivity index (χ3v) is 5.34. The fourth-order valence-corrected chi connectivity index (χ4v) is 3.75. The van der Waals surface area contributed by atoms with Gasteiger partial charge in [-0.05, 0) is 67.1 Å². The van der Waals surface area contributed by atoms with Crippen molar-refractivity contribution in [2.24, 2.45) is 5.41 Å². The van der Waals surface area contributed by atoms with Gasteiger partial charge in [0.05, 0.1) is 5.02 Å². The van der Waals surface area contributed by atoms with Gasteiger partial charge in [0.2, 0.25) is 5.91 Å². The number of carbonyl (C=O) groups is 2. The lowest BCUT2D eigenvalue weighted by molar-refractivity contribution is -0.121. The normalized spacial score (nSPS) is 27.7. The second kappa shape index (κ2) is 6.13. The van der Waals surface area contributed by atoms with Gasteiger partial charge in [0.1, 0.15) is 16.2 Å². The Labute approximate surface area is 160 Å². The van der Waals surface area contributed by atoms with Crippen LogP contribution in [0.15, 0.2) is 16.7 Å². The second-order valence-electron chi connectivity index (χ2n) is 7.94. The van der Waals surface area contributed by atoms with Crippen LogP contribution in [-0.2, 0) is 9.53 Å². The van der Waals surface area contributed by atoms with Gasteiger partial charge in [-0.25, -0.2) is 9.78 Å². The zero-order chi connectivity index (χ0) is 18.6. The van der Waals surface area contributed by atoms with Gasteiger partial charge >= 0.3 is 6.09 Å². The van der Waals surface area contributed by atoms with Gasteiger partial charge in [0.25, 0.3) is 0 Å². The first-order valence-corrected chi connectivity index (χ1v) is 9.31. The number of hydrogen-bond acceptors (Lipinski definition) is 4. The van der Waals surface area contributed by atoms with Crippen LogP contribution in [0.2, 0.25) is 5.02 Å². The summed E-state index contributed by atoms with van der Waals surface area (Å²) in [5.74, 6) is -0.0253. The molecule has 136 valence electrons. The molecule has 2 aliphatic rings. The number of piperidine rings is 1. The number of carbonyl (C=O) groups excluding carboxylic acids is 2. The summed E-state index contributed by atoms with van der Waals surface area (Å²) in [6.45, 7) is 7.53. The highest BCUT2D eigenvalue weighted by molar-refractivity contribution is 9.10. The molecule has 2 amide bonds. The van der Waals surface area contributed by atoms with Crippen LogP contribution in [0.25, 0.3) is 0 Å². The maximum absolute atomic E-state index is 12.8. The number of fused-ring (bicyclic) bond motifs is 1. The van der Waals surface area contributed by atoms with E-state index >= 15 is 0 Å². The van der Waals surface area contributed by atoms with E-state index in [1.807, 2.05) is 20.8 Å². The van der Waals surface area contributed by atoms with Crippen LogP contribution >= 0.6 is 27.5 Å². The molecule has 3 atom stereocenters. The third-order valence-electron chi connectivity index (χ3n) is 4.60. The van der Waals surface area contributed by atoms with Gasteiger partial charge in [-0.2, -0.15) is 0 Å². The van der Waals surface area contributed by atoms with Crippen LogP contribution in [-0.4, -0.2) is 39.6 Å². The predicted octanol–water partition coefficient (Wildman–Crippen LogP) is 4.22. The van der Waals surface area contributed by atoms with Crippen molar-refractivity contribution in [1.29, 1.82) is 0 Å². The number of ether oxygens (including phenoxy) is 1. The summed E-state index contributed by atoms with van der Waals surface area (Å²) in [6.07, 6.45) is 1.05. The molecular weight excluding hydrogens is 410 g/mol. The van der Waals surface area contributed by atoms with Gasteiger partial charge in [0.15, 0.2) is 5.82 Å². The van der Waals surface area contributed by atoms with E-state index in [0.717, 1.165) is 6.42 Å². The third kappa shape index (κ3) is 3.77. The molecule has 1 saturated carbocycles. The molecule has 2 fully saturated rings. The number of hydrogen-bond donors (Lipinski definition) is 1. The van der Waals surface area contributed by atoms with Crippen molar-refractivity contribution in [1.82, 2.24) is 9.88 Å². The lowest BCUT2D eigenvalue weighted by atomic mass is 10.0. The van der Waals surface area contributed by atoms with E-state index in [1.54, 1.807) is 17.0 Å². The molecule has 0 radical (unpaired) electrons. The zero-order valence-corrected chi connectivity index (χ0v) is 16.9. The Balaban J connectivity index is 1.78.